The number of H-pyrrole nitrogens is 1. The van der Waals surface area contributed by atoms with Crippen LogP contribution < -0.4 is 10.5 Å². The molecule has 1 aliphatic heterocycles. The lowest BCUT2D eigenvalue weighted by Gasteiger charge is -2.10. The second kappa shape index (κ2) is 5.31. The van der Waals surface area contributed by atoms with Gasteiger partial charge in [-0.15, -0.1) is 0 Å². The highest BCUT2D eigenvalue weighted by molar-refractivity contribution is 7.99. The average molecular weight is 311 g/mol. The molecular weight excluding hydrogens is 294 g/mol. The third kappa shape index (κ3) is 2.65. The maximum atomic E-state index is 12.4. The molecule has 1 aromatic heterocycles. The number of nitrogens with one attached hydrogen (secondary N) is 2. The zero-order chi connectivity index (χ0) is 14.2. The summed E-state index contributed by atoms with van der Waals surface area (Å²) in [6, 6.07) is 5.22. The fourth-order valence-corrected chi connectivity index (χ4v) is 4.95. The Balaban J connectivity index is 1.86. The molecule has 20 heavy (non-hydrogen) atoms. The van der Waals surface area contributed by atoms with Crippen molar-refractivity contribution < 1.29 is 8.42 Å². The van der Waals surface area contributed by atoms with E-state index in [-0.39, 0.29) is 4.90 Å². The van der Waals surface area contributed by atoms with Crippen LogP contribution in [0.4, 0.5) is 5.69 Å². The quantitative estimate of drug-likeness (QED) is 0.751. The lowest BCUT2D eigenvalue weighted by atomic mass is 10.1. The van der Waals surface area contributed by atoms with Crippen LogP contribution in [0.1, 0.15) is 6.42 Å². The molecule has 0 aliphatic carbocycles. The van der Waals surface area contributed by atoms with E-state index >= 15 is 0 Å². The summed E-state index contributed by atoms with van der Waals surface area (Å²) in [6.45, 7) is 0.504. The van der Waals surface area contributed by atoms with Gasteiger partial charge in [0.25, 0.3) is 0 Å². The van der Waals surface area contributed by atoms with Crippen LogP contribution in [0.5, 0.6) is 0 Å². The lowest BCUT2D eigenvalue weighted by molar-refractivity contribution is 0.546. The number of rotatable bonds is 4. The number of anilines is 1. The van der Waals surface area contributed by atoms with Gasteiger partial charge in [0.1, 0.15) is 4.90 Å². The van der Waals surface area contributed by atoms with Crippen molar-refractivity contribution in [1.29, 1.82) is 0 Å². The maximum Gasteiger partial charge on any atom is 0.242 e. The van der Waals surface area contributed by atoms with E-state index in [1.165, 1.54) is 6.20 Å². The third-order valence-electron chi connectivity index (χ3n) is 3.54. The summed E-state index contributed by atoms with van der Waals surface area (Å²) < 4.78 is 27.5. The van der Waals surface area contributed by atoms with Gasteiger partial charge in [-0.25, -0.2) is 13.1 Å². The van der Waals surface area contributed by atoms with Gasteiger partial charge in [-0.05, 0) is 42.0 Å². The largest absolute Gasteiger partial charge is 0.399 e. The van der Waals surface area contributed by atoms with Gasteiger partial charge in [0.05, 0.1) is 0 Å². The summed E-state index contributed by atoms with van der Waals surface area (Å²) in [4.78, 5) is 3.24. The third-order valence-corrected chi connectivity index (χ3v) is 6.24. The SMILES string of the molecule is Nc1ccc2[nH]cc(S(=O)(=O)NCC3CCSC3)c2c1. The molecule has 1 atom stereocenters. The van der Waals surface area contributed by atoms with E-state index in [0.29, 0.717) is 23.5 Å². The predicted octanol–water partition coefficient (Wildman–Crippen LogP) is 1.78. The van der Waals surface area contributed by atoms with Gasteiger partial charge in [-0.1, -0.05) is 0 Å². The topological polar surface area (TPSA) is 88.0 Å². The van der Waals surface area contributed by atoms with Crippen LogP contribution in [0, 0.1) is 5.92 Å². The first-order valence-electron chi connectivity index (χ1n) is 6.50. The Labute approximate surface area is 122 Å². The fraction of sp³-hybridized carbons (Fsp3) is 0.385. The van der Waals surface area contributed by atoms with Gasteiger partial charge in [-0.3, -0.25) is 0 Å². The molecule has 108 valence electrons. The minimum atomic E-state index is -3.49. The normalized spacial score (nSPS) is 19.7. The molecule has 1 unspecified atom stereocenters. The highest BCUT2D eigenvalue weighted by Crippen LogP contribution is 2.26. The second-order valence-corrected chi connectivity index (χ2v) is 7.92. The zero-order valence-corrected chi connectivity index (χ0v) is 12.6. The van der Waals surface area contributed by atoms with Crippen molar-refractivity contribution in [1.82, 2.24) is 9.71 Å². The Morgan fingerprint density at radius 2 is 2.30 bits per heavy atom. The van der Waals surface area contributed by atoms with Gasteiger partial charge in [0.2, 0.25) is 10.0 Å². The number of aromatic amines is 1. The molecule has 1 aromatic carbocycles. The number of benzene rings is 1. The monoisotopic (exact) mass is 311 g/mol. The standard InChI is InChI=1S/C13H17N3O2S2/c14-10-1-2-12-11(5-10)13(7-15-12)20(17,18)16-6-9-3-4-19-8-9/h1-2,5,7,9,15-16H,3-4,6,8,14H2. The number of aromatic nitrogens is 1. The van der Waals surface area contributed by atoms with Crippen molar-refractivity contribution in [2.24, 2.45) is 5.92 Å². The molecule has 5 nitrogen and oxygen atoms in total. The predicted molar refractivity (Wildman–Crippen MR) is 83.3 cm³/mol. The molecule has 4 N–H and O–H groups in total. The van der Waals surface area contributed by atoms with E-state index in [1.54, 1.807) is 18.2 Å². The first-order valence-corrected chi connectivity index (χ1v) is 9.14. The van der Waals surface area contributed by atoms with E-state index in [1.807, 2.05) is 11.8 Å². The van der Waals surface area contributed by atoms with Gasteiger partial charge < -0.3 is 10.7 Å². The van der Waals surface area contributed by atoms with E-state index in [9.17, 15) is 8.42 Å². The van der Waals surface area contributed by atoms with Crippen molar-refractivity contribution in [3.05, 3.63) is 24.4 Å². The Morgan fingerprint density at radius 1 is 1.45 bits per heavy atom. The summed E-state index contributed by atoms with van der Waals surface area (Å²) in [5.74, 6) is 2.59. The minimum absolute atomic E-state index is 0.269. The van der Waals surface area contributed by atoms with Gasteiger partial charge in [-0.2, -0.15) is 11.8 Å². The second-order valence-electron chi connectivity index (χ2n) is 5.04. The number of hydrogen-bond acceptors (Lipinski definition) is 4. The number of thioether (sulfide) groups is 1. The molecule has 7 heteroatoms. The minimum Gasteiger partial charge on any atom is -0.399 e. The maximum absolute atomic E-state index is 12.4. The van der Waals surface area contributed by atoms with Crippen molar-refractivity contribution in [2.75, 3.05) is 23.8 Å². The number of nitrogen functional groups attached to an aromatic ring is 1. The molecule has 0 radical (unpaired) electrons. The fourth-order valence-electron chi connectivity index (χ4n) is 2.38. The lowest BCUT2D eigenvalue weighted by Crippen LogP contribution is -2.29. The molecule has 1 fully saturated rings. The molecule has 0 spiro atoms. The summed E-state index contributed by atoms with van der Waals surface area (Å²) in [7, 11) is -3.49. The van der Waals surface area contributed by atoms with Gasteiger partial charge in [0, 0.05) is 29.3 Å². The van der Waals surface area contributed by atoms with Crippen LogP contribution in [0.25, 0.3) is 10.9 Å². The summed E-state index contributed by atoms with van der Waals surface area (Å²) in [5, 5.41) is 0.637. The van der Waals surface area contributed by atoms with Crippen molar-refractivity contribution in [2.45, 2.75) is 11.3 Å². The van der Waals surface area contributed by atoms with Crippen LogP contribution in [0.2, 0.25) is 0 Å². The number of hydrogen-bond donors (Lipinski definition) is 3. The number of fused-ring (bicyclic) bond motifs is 1. The first kappa shape index (κ1) is 13.8. The van der Waals surface area contributed by atoms with E-state index in [0.717, 1.165) is 23.4 Å². The van der Waals surface area contributed by atoms with Crippen LogP contribution in [-0.2, 0) is 10.0 Å². The summed E-state index contributed by atoms with van der Waals surface area (Å²) >= 11 is 1.88. The summed E-state index contributed by atoms with van der Waals surface area (Å²) in [5.41, 5.74) is 7.07. The Kier molecular flexibility index (Phi) is 3.66. The van der Waals surface area contributed by atoms with Gasteiger partial charge >= 0.3 is 0 Å². The Morgan fingerprint density at radius 3 is 3.05 bits per heavy atom. The molecule has 2 heterocycles. The van der Waals surface area contributed by atoms with E-state index in [4.69, 9.17) is 5.73 Å². The van der Waals surface area contributed by atoms with E-state index in [2.05, 4.69) is 9.71 Å². The van der Waals surface area contributed by atoms with Crippen molar-refractivity contribution >= 4 is 38.4 Å². The van der Waals surface area contributed by atoms with Crippen LogP contribution in [0.3, 0.4) is 0 Å². The molecule has 0 saturated carbocycles. The van der Waals surface area contributed by atoms with Gasteiger partial charge in [0.15, 0.2) is 0 Å². The van der Waals surface area contributed by atoms with Crippen molar-refractivity contribution in [3.63, 3.8) is 0 Å². The summed E-state index contributed by atoms with van der Waals surface area (Å²) in [6.07, 6.45) is 2.60. The molecule has 3 rings (SSSR count). The van der Waals surface area contributed by atoms with Crippen LogP contribution in [-0.4, -0.2) is 31.5 Å². The smallest absolute Gasteiger partial charge is 0.242 e. The number of sulfonamides is 1. The Bertz CT molecular complexity index is 718. The zero-order valence-electron chi connectivity index (χ0n) is 10.9. The van der Waals surface area contributed by atoms with Crippen molar-refractivity contribution in [3.8, 4) is 0 Å². The van der Waals surface area contributed by atoms with Crippen LogP contribution in [0.15, 0.2) is 29.3 Å². The molecule has 0 amide bonds. The first-order chi connectivity index (χ1) is 9.56. The van der Waals surface area contributed by atoms with Crippen LogP contribution >= 0.6 is 11.8 Å². The molecule has 1 saturated heterocycles. The average Bonchev–Trinajstić information content (AvgIpc) is 3.05. The molecule has 0 bridgehead atoms. The molecule has 2 aromatic rings. The molecular formula is C13H17N3O2S2. The van der Waals surface area contributed by atoms with E-state index < -0.39 is 10.0 Å². The molecule has 1 aliphatic rings. The highest BCUT2D eigenvalue weighted by atomic mass is 32.2. The number of nitrogens with two attached hydrogens (primary N) is 1. The Hall–Kier alpha value is -1.18. The highest BCUT2D eigenvalue weighted by Gasteiger charge is 2.22.